The Bertz CT molecular complexity index is 215. The number of halogens is 2. The Morgan fingerprint density at radius 2 is 2.40 bits per heavy atom. The SMILES string of the molecule is Clc1cnccc1CCI. The number of aryl methyl sites for hydroxylation is 1. The molecule has 1 aromatic heterocycles. The van der Waals surface area contributed by atoms with Gasteiger partial charge in [-0.05, 0) is 18.1 Å². The summed E-state index contributed by atoms with van der Waals surface area (Å²) in [6.45, 7) is 0. The van der Waals surface area contributed by atoms with Gasteiger partial charge in [0, 0.05) is 16.8 Å². The highest BCUT2D eigenvalue weighted by atomic mass is 127. The molecule has 0 bridgehead atoms. The van der Waals surface area contributed by atoms with Crippen LogP contribution in [-0.4, -0.2) is 9.41 Å². The molecule has 0 aliphatic carbocycles. The van der Waals surface area contributed by atoms with Crippen LogP contribution in [-0.2, 0) is 6.42 Å². The van der Waals surface area contributed by atoms with E-state index in [4.69, 9.17) is 11.6 Å². The lowest BCUT2D eigenvalue weighted by Crippen LogP contribution is -1.86. The van der Waals surface area contributed by atoms with Crippen molar-refractivity contribution in [2.75, 3.05) is 4.43 Å². The number of pyridine rings is 1. The highest BCUT2D eigenvalue weighted by molar-refractivity contribution is 14.1. The van der Waals surface area contributed by atoms with E-state index >= 15 is 0 Å². The molecule has 0 aliphatic rings. The van der Waals surface area contributed by atoms with Gasteiger partial charge in [0.05, 0.1) is 5.02 Å². The lowest BCUT2D eigenvalue weighted by molar-refractivity contribution is 1.15. The lowest BCUT2D eigenvalue weighted by atomic mass is 10.2. The molecule has 0 saturated carbocycles. The van der Waals surface area contributed by atoms with Gasteiger partial charge in [-0.1, -0.05) is 34.2 Å². The minimum Gasteiger partial charge on any atom is -0.263 e. The van der Waals surface area contributed by atoms with Crippen molar-refractivity contribution < 1.29 is 0 Å². The molecular weight excluding hydrogens is 260 g/mol. The first kappa shape index (κ1) is 8.27. The average Bonchev–Trinajstić information content (AvgIpc) is 1.94. The molecule has 0 N–H and O–H groups in total. The zero-order chi connectivity index (χ0) is 7.40. The molecule has 1 heterocycles. The van der Waals surface area contributed by atoms with Crippen LogP contribution in [0.3, 0.4) is 0 Å². The average molecular weight is 267 g/mol. The number of aromatic nitrogens is 1. The van der Waals surface area contributed by atoms with Crippen molar-refractivity contribution in [3.05, 3.63) is 29.0 Å². The third-order valence-corrected chi connectivity index (χ3v) is 2.10. The number of hydrogen-bond donors (Lipinski definition) is 0. The fourth-order valence-electron chi connectivity index (χ4n) is 0.709. The zero-order valence-electron chi connectivity index (χ0n) is 5.35. The molecule has 0 saturated heterocycles. The van der Waals surface area contributed by atoms with E-state index in [2.05, 4.69) is 27.6 Å². The van der Waals surface area contributed by atoms with E-state index in [0.29, 0.717) is 0 Å². The van der Waals surface area contributed by atoms with Crippen molar-refractivity contribution in [2.45, 2.75) is 6.42 Å². The predicted molar refractivity (Wildman–Crippen MR) is 51.8 cm³/mol. The van der Waals surface area contributed by atoms with E-state index in [1.54, 1.807) is 12.4 Å². The Labute approximate surface area is 78.9 Å². The van der Waals surface area contributed by atoms with Crippen LogP contribution in [0.4, 0.5) is 0 Å². The first-order valence-corrected chi connectivity index (χ1v) is 4.89. The molecule has 0 amide bonds. The third kappa shape index (κ3) is 2.09. The molecule has 0 aliphatic heterocycles. The molecule has 0 unspecified atom stereocenters. The highest BCUT2D eigenvalue weighted by Crippen LogP contribution is 2.14. The van der Waals surface area contributed by atoms with Crippen molar-refractivity contribution in [2.24, 2.45) is 0 Å². The van der Waals surface area contributed by atoms with Crippen molar-refractivity contribution in [3.8, 4) is 0 Å². The van der Waals surface area contributed by atoms with Crippen molar-refractivity contribution in [1.82, 2.24) is 4.98 Å². The quantitative estimate of drug-likeness (QED) is 0.593. The van der Waals surface area contributed by atoms with E-state index in [1.807, 2.05) is 6.07 Å². The van der Waals surface area contributed by atoms with Gasteiger partial charge in [0.2, 0.25) is 0 Å². The van der Waals surface area contributed by atoms with Crippen LogP contribution in [0.5, 0.6) is 0 Å². The largest absolute Gasteiger partial charge is 0.263 e. The van der Waals surface area contributed by atoms with Crippen LogP contribution in [0, 0.1) is 0 Å². The second kappa shape index (κ2) is 4.13. The molecule has 0 aromatic carbocycles. The van der Waals surface area contributed by atoms with Gasteiger partial charge in [0.15, 0.2) is 0 Å². The third-order valence-electron chi connectivity index (χ3n) is 1.22. The van der Waals surface area contributed by atoms with Gasteiger partial charge in [-0.3, -0.25) is 4.98 Å². The lowest BCUT2D eigenvalue weighted by Gasteiger charge is -1.97. The molecule has 0 atom stereocenters. The summed E-state index contributed by atoms with van der Waals surface area (Å²) in [7, 11) is 0. The van der Waals surface area contributed by atoms with Gasteiger partial charge in [-0.2, -0.15) is 0 Å². The molecule has 54 valence electrons. The molecule has 10 heavy (non-hydrogen) atoms. The van der Waals surface area contributed by atoms with Crippen molar-refractivity contribution in [1.29, 1.82) is 0 Å². The Kier molecular flexibility index (Phi) is 3.42. The molecule has 0 spiro atoms. The normalized spacial score (nSPS) is 9.80. The van der Waals surface area contributed by atoms with Crippen LogP contribution in [0.2, 0.25) is 5.02 Å². The number of nitrogens with zero attached hydrogens (tertiary/aromatic N) is 1. The van der Waals surface area contributed by atoms with E-state index in [9.17, 15) is 0 Å². The summed E-state index contributed by atoms with van der Waals surface area (Å²) in [5, 5.41) is 0.777. The van der Waals surface area contributed by atoms with E-state index < -0.39 is 0 Å². The van der Waals surface area contributed by atoms with Gasteiger partial charge < -0.3 is 0 Å². The molecule has 3 heteroatoms. The summed E-state index contributed by atoms with van der Waals surface area (Å²) < 4.78 is 1.10. The monoisotopic (exact) mass is 267 g/mol. The maximum atomic E-state index is 5.84. The van der Waals surface area contributed by atoms with Gasteiger partial charge >= 0.3 is 0 Å². The summed E-state index contributed by atoms with van der Waals surface area (Å²) in [4.78, 5) is 3.89. The maximum absolute atomic E-state index is 5.84. The van der Waals surface area contributed by atoms with Crippen LogP contribution in [0.15, 0.2) is 18.5 Å². The summed E-state index contributed by atoms with van der Waals surface area (Å²) in [5.41, 5.74) is 1.19. The van der Waals surface area contributed by atoms with Crippen LogP contribution in [0.1, 0.15) is 5.56 Å². The summed E-state index contributed by atoms with van der Waals surface area (Å²) >= 11 is 8.17. The Balaban J connectivity index is 2.81. The summed E-state index contributed by atoms with van der Waals surface area (Å²) in [6.07, 6.45) is 4.48. The number of hydrogen-bond acceptors (Lipinski definition) is 1. The van der Waals surface area contributed by atoms with Gasteiger partial charge in [-0.25, -0.2) is 0 Å². The van der Waals surface area contributed by atoms with Crippen LogP contribution in [0.25, 0.3) is 0 Å². The Hall–Kier alpha value is 0.170. The molecule has 1 nitrogen and oxygen atoms in total. The van der Waals surface area contributed by atoms with Crippen LogP contribution < -0.4 is 0 Å². The molecule has 0 fully saturated rings. The Morgan fingerprint density at radius 1 is 1.60 bits per heavy atom. The van der Waals surface area contributed by atoms with Gasteiger partial charge in [0.25, 0.3) is 0 Å². The van der Waals surface area contributed by atoms with E-state index in [0.717, 1.165) is 15.9 Å². The summed E-state index contributed by atoms with van der Waals surface area (Å²) in [6, 6.07) is 1.96. The van der Waals surface area contributed by atoms with Crippen molar-refractivity contribution >= 4 is 34.2 Å². The smallest absolute Gasteiger partial charge is 0.0621 e. The van der Waals surface area contributed by atoms with Crippen molar-refractivity contribution in [3.63, 3.8) is 0 Å². The van der Waals surface area contributed by atoms with Gasteiger partial charge in [-0.15, -0.1) is 0 Å². The highest BCUT2D eigenvalue weighted by Gasteiger charge is 1.96. The second-order valence-electron chi connectivity index (χ2n) is 1.91. The Morgan fingerprint density at radius 3 is 3.00 bits per heavy atom. The number of alkyl halides is 1. The van der Waals surface area contributed by atoms with Crippen LogP contribution >= 0.6 is 34.2 Å². The number of rotatable bonds is 2. The standard InChI is InChI=1S/C7H7ClIN/c8-7-5-10-4-2-6(7)1-3-9/h2,4-5H,1,3H2. The topological polar surface area (TPSA) is 12.9 Å². The minimum atomic E-state index is 0.777. The molecule has 0 radical (unpaired) electrons. The first-order chi connectivity index (χ1) is 4.84. The predicted octanol–water partition coefficient (Wildman–Crippen LogP) is 2.71. The maximum Gasteiger partial charge on any atom is 0.0621 e. The first-order valence-electron chi connectivity index (χ1n) is 2.99. The summed E-state index contributed by atoms with van der Waals surface area (Å²) in [5.74, 6) is 0. The van der Waals surface area contributed by atoms with Gasteiger partial charge in [0.1, 0.15) is 0 Å². The van der Waals surface area contributed by atoms with E-state index in [1.165, 1.54) is 5.56 Å². The molecule has 1 rings (SSSR count). The fourth-order valence-corrected chi connectivity index (χ4v) is 1.50. The van der Waals surface area contributed by atoms with E-state index in [-0.39, 0.29) is 0 Å². The zero-order valence-corrected chi connectivity index (χ0v) is 8.26. The minimum absolute atomic E-state index is 0.777. The molecular formula is C7H7ClIN. The fraction of sp³-hybridized carbons (Fsp3) is 0.286. The molecule has 1 aromatic rings. The second-order valence-corrected chi connectivity index (χ2v) is 3.39.